The summed E-state index contributed by atoms with van der Waals surface area (Å²) in [6.45, 7) is 4.55. The van der Waals surface area contributed by atoms with Crippen LogP contribution in [-0.4, -0.2) is 12.6 Å². The Morgan fingerprint density at radius 3 is 1.71 bits per heavy atom. The molecule has 0 aromatic heterocycles. The summed E-state index contributed by atoms with van der Waals surface area (Å²) < 4.78 is 4.89. The van der Waals surface area contributed by atoms with Gasteiger partial charge in [-0.25, -0.2) is 0 Å². The third-order valence-corrected chi connectivity index (χ3v) is 3.51. The number of esters is 1. The van der Waals surface area contributed by atoms with E-state index < -0.39 is 0 Å². The molecule has 0 atom stereocenters. The van der Waals surface area contributed by atoms with E-state index in [4.69, 9.17) is 4.74 Å². The lowest BCUT2D eigenvalue weighted by Crippen LogP contribution is -2.02. The van der Waals surface area contributed by atoms with Crippen LogP contribution in [0.15, 0.2) is 48.6 Å². The zero-order valence-electron chi connectivity index (χ0n) is 15.7. The van der Waals surface area contributed by atoms with Crippen molar-refractivity contribution in [2.75, 3.05) is 6.61 Å². The minimum Gasteiger partial charge on any atom is -0.466 e. The maximum atomic E-state index is 11.1. The van der Waals surface area contributed by atoms with E-state index in [-0.39, 0.29) is 5.97 Å². The number of hydrogen-bond donors (Lipinski definition) is 0. The summed E-state index contributed by atoms with van der Waals surface area (Å²) in [5.41, 5.74) is 0. The number of carbonyl (C=O) groups is 1. The van der Waals surface area contributed by atoms with Crippen molar-refractivity contribution in [2.24, 2.45) is 0 Å². The summed E-state index contributed by atoms with van der Waals surface area (Å²) in [7, 11) is 0. The van der Waals surface area contributed by atoms with E-state index in [0.29, 0.717) is 13.0 Å². The van der Waals surface area contributed by atoms with Crippen LogP contribution in [0.1, 0.15) is 78.1 Å². The van der Waals surface area contributed by atoms with Crippen LogP contribution in [0.3, 0.4) is 0 Å². The summed E-state index contributed by atoms with van der Waals surface area (Å²) in [6, 6.07) is 0. The fraction of sp³-hybridized carbons (Fsp3) is 0.591. The first kappa shape index (κ1) is 22.4. The van der Waals surface area contributed by atoms with Crippen LogP contribution >= 0.6 is 0 Å². The molecule has 0 heterocycles. The van der Waals surface area contributed by atoms with Gasteiger partial charge in [0.25, 0.3) is 0 Å². The van der Waals surface area contributed by atoms with Gasteiger partial charge in [0.2, 0.25) is 0 Å². The molecule has 0 aliphatic heterocycles. The van der Waals surface area contributed by atoms with Crippen LogP contribution in [0.2, 0.25) is 0 Å². The highest BCUT2D eigenvalue weighted by Gasteiger charge is 1.98. The van der Waals surface area contributed by atoms with Crippen molar-refractivity contribution >= 4 is 5.97 Å². The molecular weight excluding hydrogens is 296 g/mol. The Hall–Kier alpha value is -1.57. The largest absolute Gasteiger partial charge is 0.466 e. The van der Waals surface area contributed by atoms with Gasteiger partial charge < -0.3 is 4.74 Å². The zero-order valence-corrected chi connectivity index (χ0v) is 15.7. The molecule has 0 saturated heterocycles. The average molecular weight is 333 g/mol. The monoisotopic (exact) mass is 332 g/mol. The molecule has 0 N–H and O–H groups in total. The van der Waals surface area contributed by atoms with E-state index in [1.165, 1.54) is 25.7 Å². The lowest BCUT2D eigenvalue weighted by molar-refractivity contribution is -0.143. The molecule has 0 amide bonds. The van der Waals surface area contributed by atoms with Gasteiger partial charge >= 0.3 is 5.97 Å². The molecule has 24 heavy (non-hydrogen) atoms. The Morgan fingerprint density at radius 2 is 1.21 bits per heavy atom. The Morgan fingerprint density at radius 1 is 0.708 bits per heavy atom. The highest BCUT2D eigenvalue weighted by atomic mass is 16.5. The molecule has 2 heteroatoms. The summed E-state index contributed by atoms with van der Waals surface area (Å²) in [4.78, 5) is 11.1. The lowest BCUT2D eigenvalue weighted by atomic mass is 10.2. The molecule has 0 unspecified atom stereocenters. The minimum atomic E-state index is -0.0895. The first-order chi connectivity index (χ1) is 11.8. The maximum absolute atomic E-state index is 11.1. The molecule has 2 nitrogen and oxygen atoms in total. The van der Waals surface area contributed by atoms with Gasteiger partial charge in [-0.1, -0.05) is 68.4 Å². The van der Waals surface area contributed by atoms with E-state index in [9.17, 15) is 4.79 Å². The van der Waals surface area contributed by atoms with Gasteiger partial charge in [-0.3, -0.25) is 4.79 Å². The van der Waals surface area contributed by atoms with Crippen LogP contribution < -0.4 is 0 Å². The predicted octanol–water partition coefficient (Wildman–Crippen LogP) is 6.70. The third-order valence-electron chi connectivity index (χ3n) is 3.51. The Labute approximate surface area is 149 Å². The van der Waals surface area contributed by atoms with Gasteiger partial charge in [0.1, 0.15) is 0 Å². The number of carbonyl (C=O) groups excluding carboxylic acids is 1. The van der Waals surface area contributed by atoms with E-state index in [0.717, 1.165) is 32.1 Å². The average Bonchev–Trinajstić information content (AvgIpc) is 2.58. The summed E-state index contributed by atoms with van der Waals surface area (Å²) in [5.74, 6) is -0.0895. The number of rotatable bonds is 15. The van der Waals surface area contributed by atoms with Crippen LogP contribution in [-0.2, 0) is 9.53 Å². The van der Waals surface area contributed by atoms with Gasteiger partial charge in [0.15, 0.2) is 0 Å². The van der Waals surface area contributed by atoms with Crippen molar-refractivity contribution in [1.82, 2.24) is 0 Å². The smallest absolute Gasteiger partial charge is 0.305 e. The van der Waals surface area contributed by atoms with E-state index in [1.807, 2.05) is 6.92 Å². The third kappa shape index (κ3) is 18.5. The van der Waals surface area contributed by atoms with Gasteiger partial charge in [-0.15, -0.1) is 0 Å². The zero-order chi connectivity index (χ0) is 17.7. The SMILES string of the molecule is CCCCCC=CCC=CCC=CCC=CCCCC(=O)OCC. The second kappa shape index (κ2) is 19.5. The van der Waals surface area contributed by atoms with Crippen LogP contribution in [0, 0.1) is 0 Å². The van der Waals surface area contributed by atoms with Crippen LogP contribution in [0.25, 0.3) is 0 Å². The summed E-state index contributed by atoms with van der Waals surface area (Å²) in [5, 5.41) is 0. The van der Waals surface area contributed by atoms with E-state index in [1.54, 1.807) is 0 Å². The fourth-order valence-corrected chi connectivity index (χ4v) is 2.16. The molecule has 0 radical (unpaired) electrons. The van der Waals surface area contributed by atoms with Crippen molar-refractivity contribution in [3.8, 4) is 0 Å². The minimum absolute atomic E-state index is 0.0895. The molecule has 0 rings (SSSR count). The molecule has 136 valence electrons. The van der Waals surface area contributed by atoms with Gasteiger partial charge in [-0.05, 0) is 51.9 Å². The highest BCUT2D eigenvalue weighted by Crippen LogP contribution is 2.02. The number of unbranched alkanes of at least 4 members (excludes halogenated alkanes) is 4. The second-order valence-electron chi connectivity index (χ2n) is 5.79. The van der Waals surface area contributed by atoms with Crippen molar-refractivity contribution in [1.29, 1.82) is 0 Å². The normalized spacial score (nSPS) is 12.2. The summed E-state index contributed by atoms with van der Waals surface area (Å²) >= 11 is 0. The Balaban J connectivity index is 3.43. The fourth-order valence-electron chi connectivity index (χ4n) is 2.16. The summed E-state index contributed by atoms with van der Waals surface area (Å²) in [6.07, 6.45) is 28.2. The number of allylic oxidation sites excluding steroid dienone is 8. The Kier molecular flexibility index (Phi) is 18.2. The lowest BCUT2D eigenvalue weighted by Gasteiger charge is -1.98. The van der Waals surface area contributed by atoms with Crippen LogP contribution in [0.4, 0.5) is 0 Å². The van der Waals surface area contributed by atoms with Crippen molar-refractivity contribution in [2.45, 2.75) is 78.1 Å². The van der Waals surface area contributed by atoms with E-state index >= 15 is 0 Å². The topological polar surface area (TPSA) is 26.3 Å². The second-order valence-corrected chi connectivity index (χ2v) is 5.79. The Bertz CT molecular complexity index is 389. The molecule has 0 aliphatic carbocycles. The van der Waals surface area contributed by atoms with Gasteiger partial charge in [-0.2, -0.15) is 0 Å². The van der Waals surface area contributed by atoms with Crippen LogP contribution in [0.5, 0.6) is 0 Å². The molecule has 0 bridgehead atoms. The van der Waals surface area contributed by atoms with Gasteiger partial charge in [0, 0.05) is 6.42 Å². The number of ether oxygens (including phenoxy) is 1. The molecule has 0 aromatic rings. The molecule has 0 spiro atoms. The molecule has 0 aromatic carbocycles. The maximum Gasteiger partial charge on any atom is 0.305 e. The van der Waals surface area contributed by atoms with Crippen molar-refractivity contribution < 1.29 is 9.53 Å². The molecule has 0 aliphatic rings. The number of hydrogen-bond acceptors (Lipinski definition) is 2. The highest BCUT2D eigenvalue weighted by molar-refractivity contribution is 5.69. The first-order valence-corrected chi connectivity index (χ1v) is 9.56. The molecule has 0 saturated carbocycles. The predicted molar refractivity (Wildman–Crippen MR) is 105 cm³/mol. The molecule has 0 fully saturated rings. The van der Waals surface area contributed by atoms with Crippen molar-refractivity contribution in [3.05, 3.63) is 48.6 Å². The van der Waals surface area contributed by atoms with E-state index in [2.05, 4.69) is 55.5 Å². The van der Waals surface area contributed by atoms with Gasteiger partial charge in [0.05, 0.1) is 6.61 Å². The first-order valence-electron chi connectivity index (χ1n) is 9.56. The molecular formula is C22H36O2. The quantitative estimate of drug-likeness (QED) is 0.189. The standard InChI is InChI=1S/C22H36O2/c1-3-5-6-7-8-9-10-11-12-13-14-15-16-17-18-19-20-21-22(23)24-4-2/h8-9,11-12,14-15,17-18H,3-7,10,13,16,19-21H2,1-2H3. The van der Waals surface area contributed by atoms with Crippen molar-refractivity contribution in [3.63, 3.8) is 0 Å².